The van der Waals surface area contributed by atoms with Crippen LogP contribution in [0.5, 0.6) is 40.2 Å². The molecule has 14 aromatic rings. The van der Waals surface area contributed by atoms with Crippen LogP contribution in [0.15, 0.2) is 300 Å². The fourth-order valence-electron chi connectivity index (χ4n) is 9.45. The second-order valence-corrected chi connectivity index (χ2v) is 20.9. The average molecular weight is 1380 g/mol. The summed E-state index contributed by atoms with van der Waals surface area (Å²) in [5, 5.41) is 17.9. The Morgan fingerprint density at radius 2 is 0.769 bits per heavy atom. The Morgan fingerprint density at radius 3 is 1.16 bits per heavy atom. The Morgan fingerprint density at radius 1 is 0.418 bits per heavy atom. The summed E-state index contributed by atoms with van der Waals surface area (Å²) < 4.78 is 36.9. The van der Waals surface area contributed by atoms with Crippen molar-refractivity contribution in [3.8, 4) is 96.9 Å². The van der Waals surface area contributed by atoms with Crippen molar-refractivity contribution in [3.05, 3.63) is 306 Å². The predicted molar refractivity (Wildman–Crippen MR) is 351 cm³/mol. The van der Waals surface area contributed by atoms with E-state index in [1.165, 1.54) is 6.07 Å². The molecule has 4 aromatic heterocycles. The minimum absolute atomic E-state index is 0. The quantitative estimate of drug-likeness (QED) is 0.0507. The SMILES string of the molecule is Brc1c(Oc2ccc(-c3ccccn3)cc2)cccc1Oc1ccc(-c2nc3ccccc3n2-c2ccccc2)cc1.Fc1cccc(Oc2ccc(-c3ccccn3)cc2)c1Br.O=CO[O-].Oc1ccc(-c2nc3ccccc3n2-c2ccccc2)cc1.[H-].[K+].[K+]. The minimum Gasteiger partial charge on any atom is -1.00 e. The molecule has 0 unspecified atom stereocenters. The van der Waals surface area contributed by atoms with Crippen LogP contribution in [0.3, 0.4) is 0 Å². The molecule has 0 fully saturated rings. The molecule has 0 amide bonds. The molecule has 0 saturated carbocycles. The van der Waals surface area contributed by atoms with E-state index < -0.39 is 0 Å². The summed E-state index contributed by atoms with van der Waals surface area (Å²) in [6.07, 6.45) is 3.54. The number of rotatable bonds is 13. The van der Waals surface area contributed by atoms with Crippen LogP contribution in [0.4, 0.5) is 4.39 Å². The van der Waals surface area contributed by atoms with Gasteiger partial charge in [-0.15, -0.1) is 0 Å². The van der Waals surface area contributed by atoms with E-state index in [2.05, 4.69) is 92.2 Å². The molecular formula is C73H51Br2FK2N6O7. The van der Waals surface area contributed by atoms with Crippen LogP contribution in [-0.4, -0.2) is 40.6 Å². The van der Waals surface area contributed by atoms with E-state index in [4.69, 9.17) is 34.2 Å². The summed E-state index contributed by atoms with van der Waals surface area (Å²) >= 11 is 6.86. The van der Waals surface area contributed by atoms with Crippen LogP contribution in [-0.2, 0) is 9.68 Å². The number of carbonyl (C=O) groups excluding carboxylic acids is 1. The molecule has 438 valence electrons. The van der Waals surface area contributed by atoms with Gasteiger partial charge >= 0.3 is 103 Å². The molecule has 1 N–H and O–H groups in total. The molecule has 0 aliphatic rings. The summed E-state index contributed by atoms with van der Waals surface area (Å²) in [4.78, 5) is 29.7. The number of fused-ring (bicyclic) bond motifs is 2. The first-order chi connectivity index (χ1) is 43.7. The summed E-state index contributed by atoms with van der Waals surface area (Å²) in [5.74, 6) is 5.47. The molecule has 14 rings (SSSR count). The van der Waals surface area contributed by atoms with Gasteiger partial charge in [0, 0.05) is 46.0 Å². The van der Waals surface area contributed by atoms with Gasteiger partial charge in [-0.3, -0.25) is 23.9 Å². The van der Waals surface area contributed by atoms with Gasteiger partial charge in [0.05, 0.1) is 37.9 Å². The van der Waals surface area contributed by atoms with Crippen molar-refractivity contribution >= 4 is 60.4 Å². The van der Waals surface area contributed by atoms with Crippen LogP contribution in [0.25, 0.3) is 78.7 Å². The summed E-state index contributed by atoms with van der Waals surface area (Å²) in [7, 11) is 0. The van der Waals surface area contributed by atoms with E-state index in [1.807, 2.05) is 212 Å². The normalized spacial score (nSPS) is 10.3. The Kier molecular flexibility index (Phi) is 24.9. The van der Waals surface area contributed by atoms with Crippen molar-refractivity contribution in [3.63, 3.8) is 0 Å². The van der Waals surface area contributed by atoms with Gasteiger partial charge in [0.15, 0.2) is 0 Å². The number of hydrogen-bond donors (Lipinski definition) is 1. The topological polar surface area (TPSA) is 159 Å². The van der Waals surface area contributed by atoms with E-state index in [1.54, 1.807) is 36.7 Å². The number of imidazole rings is 2. The Bertz CT molecular complexity index is 4630. The molecule has 18 heteroatoms. The number of hydrogen-bond acceptors (Lipinski definition) is 11. The fraction of sp³-hybridized carbons (Fsp3) is 0. The summed E-state index contributed by atoms with van der Waals surface area (Å²) in [5.41, 5.74) is 12.0. The first-order valence-electron chi connectivity index (χ1n) is 27.7. The molecule has 0 radical (unpaired) electrons. The maximum absolute atomic E-state index is 13.4. The Hall–Kier alpha value is -7.77. The third-order valence-corrected chi connectivity index (χ3v) is 15.1. The first kappa shape index (κ1) is 67.6. The third-order valence-electron chi connectivity index (χ3n) is 13.6. The predicted octanol–water partition coefficient (Wildman–Crippen LogP) is 12.5. The number of ether oxygens (including phenoxy) is 3. The standard InChI is InChI=1S/C36H24BrN3O2.C19H14N2O.C17H11BrFNO.CH2O3.2K.H/c37-35-33(41-28-20-16-25(17-21-28)30-11-6-7-24-38-30)14-8-15-34(35)42-29-22-18-26(19-23-29)36-39-31-12-4-5-13-32(31)40(36)27-9-2-1-3-10-27;22-16-12-10-14(11-13-16)19-20-17-8-4-5-9-18(17)21(19)15-6-2-1-3-7-15;18-17-14(19)4-3-6-16(17)21-13-9-7-12(8-10-13)15-5-1-2-11-20-15;2-1-4-3;;;/h1-24H;1-13,22H;1-11H;1,3H;;;/q;;;;2*+1;-1/p-1. The monoisotopic (exact) mass is 1380 g/mol. The number of phenols is 1. The van der Waals surface area contributed by atoms with Crippen LogP contribution in [0.2, 0.25) is 0 Å². The number of para-hydroxylation sites is 6. The molecule has 0 spiro atoms. The Balaban J connectivity index is 0.000000184. The largest absolute Gasteiger partial charge is 1.00 e. The van der Waals surface area contributed by atoms with Crippen LogP contribution >= 0.6 is 31.9 Å². The summed E-state index contributed by atoms with van der Waals surface area (Å²) in [6, 6.07) is 89.3. The number of phenolic OH excluding ortho intramolecular Hbond substituents is 1. The number of carbonyl (C=O) groups is 1. The zero-order valence-corrected chi connectivity index (χ0v) is 58.4. The molecule has 10 aromatic carbocycles. The van der Waals surface area contributed by atoms with Crippen molar-refractivity contribution in [2.24, 2.45) is 0 Å². The zero-order valence-electron chi connectivity index (χ0n) is 50.0. The molecule has 0 aliphatic heterocycles. The van der Waals surface area contributed by atoms with Gasteiger partial charge in [-0.05, 0) is 226 Å². The van der Waals surface area contributed by atoms with Gasteiger partial charge in [-0.25, -0.2) is 14.4 Å². The summed E-state index contributed by atoms with van der Waals surface area (Å²) in [6.45, 7) is -0.181. The van der Waals surface area contributed by atoms with Crippen LogP contribution < -0.4 is 122 Å². The molecule has 4 heterocycles. The van der Waals surface area contributed by atoms with Crippen molar-refractivity contribution in [1.82, 2.24) is 29.1 Å². The van der Waals surface area contributed by atoms with Crippen molar-refractivity contribution in [1.29, 1.82) is 0 Å². The van der Waals surface area contributed by atoms with Gasteiger partial charge in [0.25, 0.3) is 6.47 Å². The average Bonchev–Trinajstić information content (AvgIpc) is 1.66. The van der Waals surface area contributed by atoms with Crippen LogP contribution in [0.1, 0.15) is 1.43 Å². The molecule has 13 nitrogen and oxygen atoms in total. The van der Waals surface area contributed by atoms with Gasteiger partial charge < -0.3 is 30.9 Å². The van der Waals surface area contributed by atoms with Gasteiger partial charge in [-0.1, -0.05) is 84.9 Å². The molecule has 0 atom stereocenters. The maximum atomic E-state index is 13.4. The van der Waals surface area contributed by atoms with Gasteiger partial charge in [0.1, 0.15) is 62.2 Å². The molecule has 0 saturated heterocycles. The second-order valence-electron chi connectivity index (χ2n) is 19.4. The zero-order chi connectivity index (χ0) is 61.3. The fourth-order valence-corrected chi connectivity index (χ4v) is 10.2. The molecule has 91 heavy (non-hydrogen) atoms. The smallest absolute Gasteiger partial charge is 1.00 e. The first-order valence-corrected chi connectivity index (χ1v) is 29.3. The maximum Gasteiger partial charge on any atom is 1.00 e. The van der Waals surface area contributed by atoms with E-state index in [0.717, 1.165) is 89.0 Å². The third kappa shape index (κ3) is 17.2. The second kappa shape index (κ2) is 33.5. The van der Waals surface area contributed by atoms with Crippen LogP contribution in [0, 0.1) is 5.82 Å². The number of aromatic nitrogens is 6. The number of benzene rings is 10. The van der Waals surface area contributed by atoms with Crippen molar-refractivity contribution in [2.45, 2.75) is 0 Å². The van der Waals surface area contributed by atoms with Crippen molar-refractivity contribution in [2.75, 3.05) is 0 Å². The number of nitrogens with zero attached hydrogens (tertiary/aromatic N) is 6. The van der Waals surface area contributed by atoms with E-state index in [0.29, 0.717) is 33.2 Å². The molecule has 0 bridgehead atoms. The number of halogens is 3. The number of aromatic hydroxyl groups is 1. The van der Waals surface area contributed by atoms with Gasteiger partial charge in [0.2, 0.25) is 0 Å². The van der Waals surface area contributed by atoms with Gasteiger partial charge in [-0.2, -0.15) is 0 Å². The Labute approximate surface area is 627 Å². The van der Waals surface area contributed by atoms with E-state index in [9.17, 15) is 9.50 Å². The van der Waals surface area contributed by atoms with E-state index >= 15 is 0 Å². The molecular weight excluding hydrogens is 1330 g/mol. The molecule has 0 aliphatic carbocycles. The van der Waals surface area contributed by atoms with Crippen molar-refractivity contribution < 1.29 is 143 Å². The number of pyridine rings is 2. The van der Waals surface area contributed by atoms with E-state index in [-0.39, 0.29) is 122 Å². The minimum atomic E-state index is -0.349.